The molecule has 0 unspecified atom stereocenters. The molecule has 0 aliphatic rings. The Morgan fingerprint density at radius 3 is 2.47 bits per heavy atom. The Balaban J connectivity index is 3.19. The van der Waals surface area contributed by atoms with Crippen molar-refractivity contribution in [2.45, 2.75) is 6.92 Å². The zero-order valence-corrected chi connectivity index (χ0v) is 10.5. The van der Waals surface area contributed by atoms with Gasteiger partial charge in [0.2, 0.25) is 0 Å². The van der Waals surface area contributed by atoms with Crippen LogP contribution in [-0.4, -0.2) is 26.5 Å². The van der Waals surface area contributed by atoms with E-state index in [2.05, 4.69) is 5.32 Å². The molecule has 0 saturated carbocycles. The number of nitrogens with one attached hydrogen (secondary N) is 1. The number of carbonyl (C=O) groups excluding carboxylic acids is 1. The molecule has 0 bridgehead atoms. The molecular weight excluding hydrogens is 249 g/mol. The van der Waals surface area contributed by atoms with E-state index in [-0.39, 0.29) is 34.5 Å². The molecule has 0 spiro atoms. The molecule has 1 N–H and O–H groups in total. The average molecular weight is 262 g/mol. The highest BCUT2D eigenvalue weighted by Crippen LogP contribution is 2.39. The lowest BCUT2D eigenvalue weighted by Gasteiger charge is -2.14. The van der Waals surface area contributed by atoms with Gasteiger partial charge in [-0.05, 0) is 6.92 Å². The molecular formula is C11H13ClFNO3. The predicted molar refractivity (Wildman–Crippen MR) is 63.7 cm³/mol. The first-order chi connectivity index (χ1) is 8.01. The van der Waals surface area contributed by atoms with Crippen molar-refractivity contribution in [2.24, 2.45) is 0 Å². The van der Waals surface area contributed by atoms with Crippen LogP contribution in [0, 0.1) is 5.82 Å². The SMILES string of the molecule is COc1cc(OC)c(Cl)c(NCC(C)=O)c1F. The van der Waals surface area contributed by atoms with E-state index in [1.165, 1.54) is 27.2 Å². The van der Waals surface area contributed by atoms with Crippen molar-refractivity contribution >= 4 is 23.1 Å². The third-order valence-electron chi connectivity index (χ3n) is 2.09. The summed E-state index contributed by atoms with van der Waals surface area (Å²) in [7, 11) is 2.74. The molecule has 6 heteroatoms. The number of halogens is 2. The maximum absolute atomic E-state index is 13.9. The standard InChI is InChI=1S/C11H13ClFNO3/c1-6(15)5-14-11-9(12)7(16-2)4-8(17-3)10(11)13/h4,14H,5H2,1-3H3. The number of Topliss-reactive ketones (excluding diaryl/α,β-unsaturated/α-hetero) is 1. The third kappa shape index (κ3) is 3.00. The lowest BCUT2D eigenvalue weighted by molar-refractivity contribution is -0.115. The third-order valence-corrected chi connectivity index (χ3v) is 2.46. The largest absolute Gasteiger partial charge is 0.495 e. The Hall–Kier alpha value is -1.49. The second-order valence-electron chi connectivity index (χ2n) is 3.34. The van der Waals surface area contributed by atoms with Crippen molar-refractivity contribution in [3.63, 3.8) is 0 Å². The van der Waals surface area contributed by atoms with Crippen molar-refractivity contribution in [1.29, 1.82) is 0 Å². The number of anilines is 1. The lowest BCUT2D eigenvalue weighted by Crippen LogP contribution is -2.12. The Morgan fingerprint density at radius 1 is 1.41 bits per heavy atom. The zero-order valence-electron chi connectivity index (χ0n) is 9.77. The summed E-state index contributed by atoms with van der Waals surface area (Å²) in [5, 5.41) is 2.69. The van der Waals surface area contributed by atoms with Crippen molar-refractivity contribution < 1.29 is 18.7 Å². The van der Waals surface area contributed by atoms with Gasteiger partial charge in [0.15, 0.2) is 11.6 Å². The van der Waals surface area contributed by atoms with Crippen LogP contribution < -0.4 is 14.8 Å². The van der Waals surface area contributed by atoms with Gasteiger partial charge in [-0.1, -0.05) is 11.6 Å². The van der Waals surface area contributed by atoms with Crippen LogP contribution in [0.3, 0.4) is 0 Å². The minimum absolute atomic E-state index is 0.00179. The summed E-state index contributed by atoms with van der Waals surface area (Å²) in [4.78, 5) is 10.9. The van der Waals surface area contributed by atoms with Gasteiger partial charge in [0.05, 0.1) is 26.5 Å². The fourth-order valence-corrected chi connectivity index (χ4v) is 1.54. The minimum Gasteiger partial charge on any atom is -0.495 e. The molecule has 0 saturated heterocycles. The molecule has 1 aromatic carbocycles. The van der Waals surface area contributed by atoms with Crippen LogP contribution in [0.2, 0.25) is 5.02 Å². The predicted octanol–water partition coefficient (Wildman–Crippen LogP) is 2.50. The summed E-state index contributed by atoms with van der Waals surface area (Å²) < 4.78 is 23.7. The van der Waals surface area contributed by atoms with Crippen LogP contribution in [0.15, 0.2) is 6.07 Å². The smallest absolute Gasteiger partial charge is 0.189 e. The molecule has 0 atom stereocenters. The fourth-order valence-electron chi connectivity index (χ4n) is 1.25. The van der Waals surface area contributed by atoms with E-state index in [9.17, 15) is 9.18 Å². The minimum atomic E-state index is -0.653. The number of benzene rings is 1. The Labute approximate surface area is 104 Å². The molecule has 94 valence electrons. The summed E-state index contributed by atoms with van der Waals surface area (Å²) >= 11 is 5.93. The molecule has 1 rings (SSSR count). The summed E-state index contributed by atoms with van der Waals surface area (Å²) in [5.41, 5.74) is -0.00179. The van der Waals surface area contributed by atoms with E-state index >= 15 is 0 Å². The maximum atomic E-state index is 13.9. The first kappa shape index (κ1) is 13.6. The van der Waals surface area contributed by atoms with Crippen molar-refractivity contribution in [1.82, 2.24) is 0 Å². The van der Waals surface area contributed by atoms with Crippen LogP contribution in [0.25, 0.3) is 0 Å². The molecule has 0 aliphatic heterocycles. The van der Waals surface area contributed by atoms with Crippen LogP contribution in [-0.2, 0) is 4.79 Å². The lowest BCUT2D eigenvalue weighted by atomic mass is 10.2. The van der Waals surface area contributed by atoms with Gasteiger partial charge in [0.25, 0.3) is 0 Å². The summed E-state index contributed by atoms with van der Waals surface area (Å²) in [6.07, 6.45) is 0. The topological polar surface area (TPSA) is 47.6 Å². The van der Waals surface area contributed by atoms with Gasteiger partial charge >= 0.3 is 0 Å². The molecule has 0 fully saturated rings. The van der Waals surface area contributed by atoms with E-state index in [0.717, 1.165) is 0 Å². The van der Waals surface area contributed by atoms with Gasteiger partial charge in [0.1, 0.15) is 16.6 Å². The fraction of sp³-hybridized carbons (Fsp3) is 0.364. The van der Waals surface area contributed by atoms with Crippen LogP contribution in [0.4, 0.5) is 10.1 Å². The second-order valence-corrected chi connectivity index (χ2v) is 3.72. The Bertz CT molecular complexity index is 409. The molecule has 0 radical (unpaired) electrons. The van der Waals surface area contributed by atoms with E-state index < -0.39 is 5.82 Å². The molecule has 0 amide bonds. The molecule has 0 heterocycles. The number of ether oxygens (including phenoxy) is 2. The van der Waals surface area contributed by atoms with Crippen molar-refractivity contribution in [3.8, 4) is 11.5 Å². The van der Waals surface area contributed by atoms with Crippen molar-refractivity contribution in [2.75, 3.05) is 26.1 Å². The summed E-state index contributed by atoms with van der Waals surface area (Å²) in [5.74, 6) is -0.518. The van der Waals surface area contributed by atoms with Crippen LogP contribution in [0.5, 0.6) is 11.5 Å². The van der Waals surface area contributed by atoms with E-state index in [4.69, 9.17) is 21.1 Å². The molecule has 0 aliphatic carbocycles. The molecule has 1 aromatic rings. The van der Waals surface area contributed by atoms with Gasteiger partial charge in [-0.3, -0.25) is 4.79 Å². The number of rotatable bonds is 5. The van der Waals surface area contributed by atoms with Gasteiger partial charge in [-0.2, -0.15) is 0 Å². The van der Waals surface area contributed by atoms with Crippen molar-refractivity contribution in [3.05, 3.63) is 16.9 Å². The highest BCUT2D eigenvalue weighted by Gasteiger charge is 2.18. The van der Waals surface area contributed by atoms with Crippen LogP contribution >= 0.6 is 11.6 Å². The molecule has 4 nitrogen and oxygen atoms in total. The Morgan fingerprint density at radius 2 is 2.00 bits per heavy atom. The van der Waals surface area contributed by atoms with E-state index in [1.807, 2.05) is 0 Å². The number of hydrogen-bond donors (Lipinski definition) is 1. The molecule has 0 aromatic heterocycles. The van der Waals surface area contributed by atoms with Crippen LogP contribution in [0.1, 0.15) is 6.92 Å². The van der Waals surface area contributed by atoms with Gasteiger partial charge < -0.3 is 14.8 Å². The van der Waals surface area contributed by atoms with E-state index in [0.29, 0.717) is 0 Å². The summed E-state index contributed by atoms with van der Waals surface area (Å²) in [6.45, 7) is 1.36. The van der Waals surface area contributed by atoms with E-state index in [1.54, 1.807) is 0 Å². The average Bonchev–Trinajstić information content (AvgIpc) is 2.29. The second kappa shape index (κ2) is 5.72. The first-order valence-electron chi connectivity index (χ1n) is 4.84. The monoisotopic (exact) mass is 261 g/mol. The number of carbonyl (C=O) groups is 1. The maximum Gasteiger partial charge on any atom is 0.189 e. The number of methoxy groups -OCH3 is 2. The van der Waals surface area contributed by atoms with Gasteiger partial charge in [0, 0.05) is 6.07 Å². The normalized spacial score (nSPS) is 9.94. The highest BCUT2D eigenvalue weighted by molar-refractivity contribution is 6.34. The first-order valence-corrected chi connectivity index (χ1v) is 5.22. The van der Waals surface area contributed by atoms with Gasteiger partial charge in [-0.15, -0.1) is 0 Å². The molecule has 17 heavy (non-hydrogen) atoms. The Kier molecular flexibility index (Phi) is 4.57. The highest BCUT2D eigenvalue weighted by atomic mass is 35.5. The zero-order chi connectivity index (χ0) is 13.0. The number of ketones is 1. The summed E-state index contributed by atoms with van der Waals surface area (Å²) in [6, 6.07) is 1.34. The van der Waals surface area contributed by atoms with Gasteiger partial charge in [-0.25, -0.2) is 4.39 Å². The quantitative estimate of drug-likeness (QED) is 0.885. The number of hydrogen-bond acceptors (Lipinski definition) is 4.